The predicted molar refractivity (Wildman–Crippen MR) is 104 cm³/mol. The predicted octanol–water partition coefficient (Wildman–Crippen LogP) is 6.22. The van der Waals surface area contributed by atoms with E-state index in [0.29, 0.717) is 25.9 Å². The van der Waals surface area contributed by atoms with E-state index in [1.165, 1.54) is 0 Å². The number of halogens is 5. The summed E-state index contributed by atoms with van der Waals surface area (Å²) in [4.78, 5) is 9.23. The summed E-state index contributed by atoms with van der Waals surface area (Å²) in [7, 11) is 1.67. The van der Waals surface area contributed by atoms with Crippen molar-refractivity contribution in [1.82, 2.24) is 14.5 Å². The van der Waals surface area contributed by atoms with Crippen molar-refractivity contribution in [2.24, 2.45) is 7.05 Å². The Morgan fingerprint density at radius 2 is 1.72 bits per heavy atom. The molecule has 0 radical (unpaired) electrons. The Kier molecular flexibility index (Phi) is 5.40. The number of nitrogens with zero attached hydrogens (tertiary/aromatic N) is 3. The summed E-state index contributed by atoms with van der Waals surface area (Å²) >= 11 is 1.59. The normalized spacial score (nSPS) is 13.3. The first kappa shape index (κ1) is 21.5. The van der Waals surface area contributed by atoms with Crippen LogP contribution in [0.1, 0.15) is 26.3 Å². The molecule has 0 aliphatic rings. The molecule has 2 aromatic heterocycles. The molecule has 3 aromatic rings. The Balaban J connectivity index is 2.14. The molecule has 0 saturated carbocycles. The molecule has 3 nitrogen and oxygen atoms in total. The van der Waals surface area contributed by atoms with E-state index in [0.717, 1.165) is 22.3 Å². The number of hydrogen-bond donors (Lipinski definition) is 0. The minimum atomic E-state index is -4.92. The van der Waals surface area contributed by atoms with Gasteiger partial charge in [-0.2, -0.15) is 17.6 Å². The van der Waals surface area contributed by atoms with Crippen molar-refractivity contribution in [3.8, 4) is 11.4 Å². The summed E-state index contributed by atoms with van der Waals surface area (Å²) < 4.78 is 72.6. The SMILES string of the molecule is CCSc1ccccc1-c1nc2cc(C(F)(F)C(F)(F)C(C)(C)F)cnc2n1C. The van der Waals surface area contributed by atoms with E-state index in [1.807, 2.05) is 31.2 Å². The molecule has 0 spiro atoms. The molecular weight excluding hydrogens is 409 g/mol. The maximum absolute atomic E-state index is 14.5. The third-order valence-corrected chi connectivity index (χ3v) is 5.60. The van der Waals surface area contributed by atoms with Gasteiger partial charge in [-0.15, -0.1) is 11.8 Å². The van der Waals surface area contributed by atoms with Crippen LogP contribution in [0.3, 0.4) is 0 Å². The first-order chi connectivity index (χ1) is 13.4. The van der Waals surface area contributed by atoms with Gasteiger partial charge in [-0.05, 0) is 31.7 Å². The van der Waals surface area contributed by atoms with Crippen molar-refractivity contribution in [2.75, 3.05) is 5.75 Å². The zero-order valence-electron chi connectivity index (χ0n) is 16.3. The van der Waals surface area contributed by atoms with Gasteiger partial charge in [0.2, 0.25) is 0 Å². The van der Waals surface area contributed by atoms with Crippen molar-refractivity contribution >= 4 is 22.9 Å². The van der Waals surface area contributed by atoms with E-state index in [2.05, 4.69) is 9.97 Å². The van der Waals surface area contributed by atoms with Gasteiger partial charge in [0.05, 0.1) is 0 Å². The van der Waals surface area contributed by atoms with Crippen LogP contribution in [0.15, 0.2) is 41.4 Å². The molecule has 2 heterocycles. The van der Waals surface area contributed by atoms with Crippen LogP contribution < -0.4 is 0 Å². The number of aromatic nitrogens is 3. The number of aryl methyl sites for hydroxylation is 1. The number of hydrogen-bond acceptors (Lipinski definition) is 3. The van der Waals surface area contributed by atoms with Gasteiger partial charge in [-0.3, -0.25) is 0 Å². The average molecular weight is 429 g/mol. The van der Waals surface area contributed by atoms with E-state index >= 15 is 0 Å². The third-order valence-electron chi connectivity index (χ3n) is 4.64. The lowest BCUT2D eigenvalue weighted by Crippen LogP contribution is -2.51. The van der Waals surface area contributed by atoms with E-state index < -0.39 is 23.1 Å². The lowest BCUT2D eigenvalue weighted by atomic mass is 9.92. The molecule has 0 saturated heterocycles. The monoisotopic (exact) mass is 429 g/mol. The van der Waals surface area contributed by atoms with Crippen LogP contribution in [-0.2, 0) is 13.0 Å². The van der Waals surface area contributed by atoms with Crippen molar-refractivity contribution < 1.29 is 22.0 Å². The van der Waals surface area contributed by atoms with Crippen molar-refractivity contribution in [2.45, 2.75) is 43.2 Å². The van der Waals surface area contributed by atoms with Crippen LogP contribution in [0.5, 0.6) is 0 Å². The summed E-state index contributed by atoms with van der Waals surface area (Å²) in [5, 5.41) is 0. The third kappa shape index (κ3) is 3.49. The standard InChI is InChI=1S/C20H20F5N3S/c1-5-29-15-9-7-6-8-13(15)16-27-14-10-12(11-26-17(14)28(16)4)19(22,23)20(24,25)18(2,3)21/h6-11H,5H2,1-4H3. The van der Waals surface area contributed by atoms with Crippen LogP contribution in [0.25, 0.3) is 22.6 Å². The maximum atomic E-state index is 14.5. The quantitative estimate of drug-likeness (QED) is 0.344. The fourth-order valence-corrected chi connectivity index (χ4v) is 3.78. The highest BCUT2D eigenvalue weighted by Gasteiger charge is 2.66. The molecule has 0 aliphatic carbocycles. The highest BCUT2D eigenvalue weighted by molar-refractivity contribution is 7.99. The zero-order chi connectivity index (χ0) is 21.6. The van der Waals surface area contributed by atoms with Gasteiger partial charge in [0, 0.05) is 29.3 Å². The molecule has 29 heavy (non-hydrogen) atoms. The molecule has 3 rings (SSSR count). The average Bonchev–Trinajstić information content (AvgIpc) is 2.97. The van der Waals surface area contributed by atoms with Crippen molar-refractivity contribution in [3.05, 3.63) is 42.1 Å². The summed E-state index contributed by atoms with van der Waals surface area (Å²) in [5.74, 6) is -8.37. The van der Waals surface area contributed by atoms with E-state index in [-0.39, 0.29) is 11.2 Å². The molecular formula is C20H20F5N3S. The van der Waals surface area contributed by atoms with E-state index in [1.54, 1.807) is 23.4 Å². The first-order valence-corrected chi connectivity index (χ1v) is 9.90. The zero-order valence-corrected chi connectivity index (χ0v) is 17.1. The Morgan fingerprint density at radius 3 is 2.34 bits per heavy atom. The smallest absolute Gasteiger partial charge is 0.312 e. The fraction of sp³-hybridized carbons (Fsp3) is 0.400. The van der Waals surface area contributed by atoms with E-state index in [4.69, 9.17) is 0 Å². The maximum Gasteiger partial charge on any atom is 0.347 e. The number of alkyl halides is 5. The van der Waals surface area contributed by atoms with Crippen LogP contribution in [0.4, 0.5) is 22.0 Å². The van der Waals surface area contributed by atoms with Gasteiger partial charge < -0.3 is 4.57 Å². The Morgan fingerprint density at radius 1 is 1.07 bits per heavy atom. The highest BCUT2D eigenvalue weighted by Crippen LogP contribution is 2.50. The van der Waals surface area contributed by atoms with Gasteiger partial charge >= 0.3 is 11.8 Å². The van der Waals surface area contributed by atoms with Crippen LogP contribution in [-0.4, -0.2) is 31.9 Å². The number of pyridine rings is 1. The molecule has 9 heteroatoms. The van der Waals surface area contributed by atoms with Crippen LogP contribution in [0, 0.1) is 0 Å². The number of imidazole rings is 1. The largest absolute Gasteiger partial charge is 0.347 e. The molecule has 0 bridgehead atoms. The molecule has 0 atom stereocenters. The fourth-order valence-electron chi connectivity index (χ4n) is 2.98. The molecule has 156 valence electrons. The van der Waals surface area contributed by atoms with Gasteiger partial charge in [-0.1, -0.05) is 25.1 Å². The minimum Gasteiger partial charge on any atom is -0.312 e. The highest BCUT2D eigenvalue weighted by atomic mass is 32.2. The van der Waals surface area contributed by atoms with Crippen molar-refractivity contribution in [1.29, 1.82) is 0 Å². The number of thioether (sulfide) groups is 1. The molecule has 0 fully saturated rings. The molecule has 0 aliphatic heterocycles. The Labute approximate surface area is 169 Å². The second kappa shape index (κ2) is 7.27. The summed E-state index contributed by atoms with van der Waals surface area (Å²) in [6.45, 7) is 2.85. The number of fused-ring (bicyclic) bond motifs is 1. The number of rotatable bonds is 6. The van der Waals surface area contributed by atoms with Gasteiger partial charge in [0.1, 0.15) is 11.3 Å². The number of benzene rings is 1. The van der Waals surface area contributed by atoms with Crippen molar-refractivity contribution in [3.63, 3.8) is 0 Å². The lowest BCUT2D eigenvalue weighted by Gasteiger charge is -2.33. The molecule has 0 amide bonds. The topological polar surface area (TPSA) is 30.7 Å². The lowest BCUT2D eigenvalue weighted by molar-refractivity contribution is -0.270. The van der Waals surface area contributed by atoms with Gasteiger partial charge in [0.25, 0.3) is 0 Å². The van der Waals surface area contributed by atoms with Gasteiger partial charge in [0.15, 0.2) is 11.3 Å². The molecule has 1 aromatic carbocycles. The Hall–Kier alpha value is -2.16. The van der Waals surface area contributed by atoms with E-state index in [9.17, 15) is 22.0 Å². The molecule has 0 unspecified atom stereocenters. The van der Waals surface area contributed by atoms with Crippen LogP contribution in [0.2, 0.25) is 0 Å². The van der Waals surface area contributed by atoms with Gasteiger partial charge in [-0.25, -0.2) is 14.4 Å². The first-order valence-electron chi connectivity index (χ1n) is 8.91. The summed E-state index contributed by atoms with van der Waals surface area (Å²) in [6.07, 6.45) is 0.653. The summed E-state index contributed by atoms with van der Waals surface area (Å²) in [6, 6.07) is 8.31. The molecule has 0 N–H and O–H groups in total. The summed E-state index contributed by atoms with van der Waals surface area (Å²) in [5.41, 5.74) is -3.43. The van der Waals surface area contributed by atoms with Crippen LogP contribution >= 0.6 is 11.8 Å². The Bertz CT molecular complexity index is 1040. The second-order valence-corrected chi connectivity index (χ2v) is 8.42. The second-order valence-electron chi connectivity index (χ2n) is 7.11. The minimum absolute atomic E-state index is 0.0310.